The van der Waals surface area contributed by atoms with Crippen molar-refractivity contribution in [1.82, 2.24) is 9.97 Å². The summed E-state index contributed by atoms with van der Waals surface area (Å²) in [5, 5.41) is 0. The Morgan fingerprint density at radius 3 is 2.74 bits per heavy atom. The summed E-state index contributed by atoms with van der Waals surface area (Å²) in [7, 11) is 1.65. The lowest BCUT2D eigenvalue weighted by molar-refractivity contribution is 0.299. The number of hydrogen-bond donors (Lipinski definition) is 1. The van der Waals surface area contributed by atoms with E-state index in [1.807, 2.05) is 13.8 Å². The Balaban J connectivity index is 2.19. The largest absolute Gasteiger partial charge is 0.496 e. The first-order valence-corrected chi connectivity index (χ1v) is 5.96. The molecular weight excluding hydrogens is 242 g/mol. The summed E-state index contributed by atoms with van der Waals surface area (Å²) >= 11 is 0. The second kappa shape index (κ2) is 5.56. The number of rotatable bonds is 4. The van der Waals surface area contributed by atoms with E-state index in [1.165, 1.54) is 0 Å². The van der Waals surface area contributed by atoms with E-state index in [9.17, 15) is 0 Å². The summed E-state index contributed by atoms with van der Waals surface area (Å²) in [4.78, 5) is 8.33. The van der Waals surface area contributed by atoms with E-state index < -0.39 is 0 Å². The van der Waals surface area contributed by atoms with Crippen LogP contribution in [0.3, 0.4) is 0 Å². The van der Waals surface area contributed by atoms with Gasteiger partial charge >= 0.3 is 0 Å². The van der Waals surface area contributed by atoms with Gasteiger partial charge in [0.05, 0.1) is 12.8 Å². The van der Waals surface area contributed by atoms with Crippen molar-refractivity contribution in [2.75, 3.05) is 12.8 Å². The van der Waals surface area contributed by atoms with Gasteiger partial charge in [0.2, 0.25) is 0 Å². The molecule has 0 aromatic carbocycles. The lowest BCUT2D eigenvalue weighted by Crippen LogP contribution is -2.05. The molecule has 2 aromatic rings. The van der Waals surface area contributed by atoms with Crippen LogP contribution in [0.2, 0.25) is 0 Å². The molecule has 2 N–H and O–H groups in total. The summed E-state index contributed by atoms with van der Waals surface area (Å²) in [5.41, 5.74) is 8.53. The first-order valence-electron chi connectivity index (χ1n) is 5.96. The van der Waals surface area contributed by atoms with Gasteiger partial charge in [-0.05, 0) is 26.0 Å². The zero-order valence-electron chi connectivity index (χ0n) is 11.3. The zero-order chi connectivity index (χ0) is 13.8. The van der Waals surface area contributed by atoms with E-state index in [2.05, 4.69) is 9.97 Å². The summed E-state index contributed by atoms with van der Waals surface area (Å²) in [6.07, 6.45) is 3.40. The minimum atomic E-state index is 0.332. The molecule has 19 heavy (non-hydrogen) atoms. The fourth-order valence-electron chi connectivity index (χ4n) is 1.89. The highest BCUT2D eigenvalue weighted by Gasteiger charge is 2.10. The summed E-state index contributed by atoms with van der Waals surface area (Å²) in [6, 6.07) is 3.56. The van der Waals surface area contributed by atoms with Crippen LogP contribution in [0, 0.1) is 13.8 Å². The van der Waals surface area contributed by atoms with Crippen molar-refractivity contribution in [2.24, 2.45) is 0 Å². The highest BCUT2D eigenvalue weighted by Crippen LogP contribution is 2.25. The zero-order valence-corrected chi connectivity index (χ0v) is 11.3. The van der Waals surface area contributed by atoms with Gasteiger partial charge in [0.15, 0.2) is 11.6 Å². The van der Waals surface area contributed by atoms with Crippen LogP contribution in [0.5, 0.6) is 11.5 Å². The Morgan fingerprint density at radius 1 is 1.26 bits per heavy atom. The maximum absolute atomic E-state index is 5.72. The van der Waals surface area contributed by atoms with Gasteiger partial charge in [0.1, 0.15) is 12.4 Å². The lowest BCUT2D eigenvalue weighted by Gasteiger charge is -2.13. The highest BCUT2D eigenvalue weighted by molar-refractivity contribution is 5.45. The van der Waals surface area contributed by atoms with Crippen LogP contribution in [0.25, 0.3) is 0 Å². The number of aryl methyl sites for hydroxylation is 1. The van der Waals surface area contributed by atoms with Gasteiger partial charge in [-0.3, -0.25) is 4.98 Å². The molecular formula is C14H17N3O2. The van der Waals surface area contributed by atoms with Gasteiger partial charge in [-0.1, -0.05) is 0 Å². The molecule has 0 amide bonds. The van der Waals surface area contributed by atoms with E-state index in [0.717, 1.165) is 22.6 Å². The van der Waals surface area contributed by atoms with Crippen LogP contribution in [0.15, 0.2) is 24.5 Å². The minimum absolute atomic E-state index is 0.332. The number of nitrogen functional groups attached to an aromatic ring is 1. The molecule has 2 rings (SSSR count). The number of nitrogens with zero attached hydrogens (tertiary/aromatic N) is 2. The van der Waals surface area contributed by atoms with Crippen molar-refractivity contribution in [1.29, 1.82) is 0 Å². The molecule has 2 heterocycles. The average Bonchev–Trinajstić information content (AvgIpc) is 2.40. The normalized spacial score (nSPS) is 10.3. The van der Waals surface area contributed by atoms with Crippen molar-refractivity contribution in [2.45, 2.75) is 20.5 Å². The Morgan fingerprint density at radius 2 is 2.05 bits per heavy atom. The van der Waals surface area contributed by atoms with Crippen molar-refractivity contribution >= 4 is 5.82 Å². The maximum atomic E-state index is 5.72. The molecule has 0 radical (unpaired) electrons. The molecule has 0 aliphatic heterocycles. The number of hydrogen-bond acceptors (Lipinski definition) is 5. The topological polar surface area (TPSA) is 70.3 Å². The minimum Gasteiger partial charge on any atom is -0.496 e. The molecule has 2 aromatic heterocycles. The van der Waals surface area contributed by atoms with Crippen LogP contribution in [0.4, 0.5) is 5.82 Å². The average molecular weight is 259 g/mol. The standard InChI is InChI=1S/C14H17N3O2/c1-9-7-17-11(10(2)13(9)18-3)8-19-12-5-4-6-16-14(12)15/h4-7H,8H2,1-3H3,(H2,15,16). The second-order valence-corrected chi connectivity index (χ2v) is 4.22. The monoisotopic (exact) mass is 259 g/mol. The first kappa shape index (κ1) is 13.1. The van der Waals surface area contributed by atoms with Crippen LogP contribution < -0.4 is 15.2 Å². The third-order valence-corrected chi connectivity index (χ3v) is 2.91. The molecule has 0 bridgehead atoms. The summed E-state index contributed by atoms with van der Waals surface area (Å²) in [5.74, 6) is 1.77. The van der Waals surface area contributed by atoms with Crippen molar-refractivity contribution < 1.29 is 9.47 Å². The van der Waals surface area contributed by atoms with Gasteiger partial charge in [0.25, 0.3) is 0 Å². The quantitative estimate of drug-likeness (QED) is 0.912. The van der Waals surface area contributed by atoms with Gasteiger partial charge in [0, 0.05) is 23.5 Å². The lowest BCUT2D eigenvalue weighted by atomic mass is 10.1. The first-order chi connectivity index (χ1) is 9.13. The smallest absolute Gasteiger partial charge is 0.166 e. The van der Waals surface area contributed by atoms with Crippen LogP contribution in [-0.2, 0) is 6.61 Å². The molecule has 5 nitrogen and oxygen atoms in total. The molecule has 0 fully saturated rings. The maximum Gasteiger partial charge on any atom is 0.166 e. The molecule has 0 saturated carbocycles. The number of nitrogens with two attached hydrogens (primary N) is 1. The molecule has 0 unspecified atom stereocenters. The van der Waals surface area contributed by atoms with Gasteiger partial charge < -0.3 is 15.2 Å². The number of anilines is 1. The highest BCUT2D eigenvalue weighted by atomic mass is 16.5. The van der Waals surface area contributed by atoms with E-state index >= 15 is 0 Å². The second-order valence-electron chi connectivity index (χ2n) is 4.22. The van der Waals surface area contributed by atoms with Crippen molar-refractivity contribution in [3.05, 3.63) is 41.3 Å². The molecule has 0 aliphatic carbocycles. The Hall–Kier alpha value is -2.30. The van der Waals surface area contributed by atoms with E-state index in [0.29, 0.717) is 18.2 Å². The number of aromatic nitrogens is 2. The van der Waals surface area contributed by atoms with Crippen LogP contribution in [0.1, 0.15) is 16.8 Å². The van der Waals surface area contributed by atoms with Gasteiger partial charge in [-0.2, -0.15) is 0 Å². The fraction of sp³-hybridized carbons (Fsp3) is 0.286. The van der Waals surface area contributed by atoms with Crippen molar-refractivity contribution in [3.63, 3.8) is 0 Å². The molecule has 0 aliphatic rings. The van der Waals surface area contributed by atoms with E-state index in [4.69, 9.17) is 15.2 Å². The van der Waals surface area contributed by atoms with Gasteiger partial charge in [-0.15, -0.1) is 0 Å². The SMILES string of the molecule is COc1c(C)cnc(COc2cccnc2N)c1C. The molecule has 0 spiro atoms. The summed E-state index contributed by atoms with van der Waals surface area (Å²) < 4.78 is 11.0. The molecule has 0 saturated heterocycles. The number of methoxy groups -OCH3 is 1. The molecule has 5 heteroatoms. The number of ether oxygens (including phenoxy) is 2. The molecule has 100 valence electrons. The third-order valence-electron chi connectivity index (χ3n) is 2.91. The van der Waals surface area contributed by atoms with E-state index in [-0.39, 0.29) is 0 Å². The van der Waals surface area contributed by atoms with Crippen LogP contribution in [-0.4, -0.2) is 17.1 Å². The van der Waals surface area contributed by atoms with Crippen molar-refractivity contribution in [3.8, 4) is 11.5 Å². The predicted octanol–water partition coefficient (Wildman–Crippen LogP) is 2.26. The molecule has 0 atom stereocenters. The predicted molar refractivity (Wildman–Crippen MR) is 73.2 cm³/mol. The Bertz CT molecular complexity index is 585. The fourth-order valence-corrected chi connectivity index (χ4v) is 1.89. The van der Waals surface area contributed by atoms with E-state index in [1.54, 1.807) is 31.6 Å². The third kappa shape index (κ3) is 2.76. The Kier molecular flexibility index (Phi) is 3.85. The van der Waals surface area contributed by atoms with Gasteiger partial charge in [-0.25, -0.2) is 4.98 Å². The summed E-state index contributed by atoms with van der Waals surface area (Å²) in [6.45, 7) is 4.26. The Labute approximate surface area is 112 Å². The number of pyridine rings is 2. The van der Waals surface area contributed by atoms with Crippen LogP contribution >= 0.6 is 0 Å².